The number of allylic oxidation sites excluding steroid dienone is 3. The summed E-state index contributed by atoms with van der Waals surface area (Å²) in [5.41, 5.74) is 3.39. The number of ether oxygens (including phenoxy) is 3. The molecule has 0 fully saturated rings. The predicted molar refractivity (Wildman–Crippen MR) is 87.3 cm³/mol. The fourth-order valence-corrected chi connectivity index (χ4v) is 2.37. The Morgan fingerprint density at radius 1 is 1.22 bits per heavy atom. The molecule has 0 saturated heterocycles. The maximum absolute atomic E-state index is 5.74. The molecule has 0 spiro atoms. The lowest BCUT2D eigenvalue weighted by atomic mass is 10.1. The van der Waals surface area contributed by atoms with Crippen LogP contribution < -0.4 is 9.47 Å². The molecule has 2 heterocycles. The van der Waals surface area contributed by atoms with Gasteiger partial charge in [-0.25, -0.2) is 0 Å². The second-order valence-corrected chi connectivity index (χ2v) is 5.91. The van der Waals surface area contributed by atoms with Gasteiger partial charge in [0.15, 0.2) is 11.5 Å². The number of hydrogen-bond acceptors (Lipinski definition) is 5. The van der Waals surface area contributed by atoms with Gasteiger partial charge in [0.25, 0.3) is 12.2 Å². The lowest BCUT2D eigenvalue weighted by Gasteiger charge is -2.09. The molecule has 1 atom stereocenters. The Morgan fingerprint density at radius 3 is 2.87 bits per heavy atom. The van der Waals surface area contributed by atoms with Crippen molar-refractivity contribution in [2.75, 3.05) is 6.79 Å². The molecule has 3 rings (SSSR count). The molecule has 122 valence electrons. The van der Waals surface area contributed by atoms with Crippen molar-refractivity contribution in [3.8, 4) is 11.5 Å². The van der Waals surface area contributed by atoms with E-state index in [2.05, 4.69) is 32.0 Å². The summed E-state index contributed by atoms with van der Waals surface area (Å²) in [5.74, 6) is 1.95. The van der Waals surface area contributed by atoms with Crippen molar-refractivity contribution >= 4 is 5.90 Å². The molecular formula is C18H21NO4. The third-order valence-corrected chi connectivity index (χ3v) is 3.60. The average molecular weight is 315 g/mol. The summed E-state index contributed by atoms with van der Waals surface area (Å²) in [7, 11) is 0. The summed E-state index contributed by atoms with van der Waals surface area (Å²) < 4.78 is 16.4. The first kappa shape index (κ1) is 15.5. The summed E-state index contributed by atoms with van der Waals surface area (Å²) in [5, 5.41) is 4.00. The van der Waals surface area contributed by atoms with Gasteiger partial charge in [0.1, 0.15) is 0 Å². The number of hydrogen-bond donors (Lipinski definition) is 0. The Balaban J connectivity index is 1.58. The van der Waals surface area contributed by atoms with Gasteiger partial charge < -0.3 is 19.0 Å². The van der Waals surface area contributed by atoms with E-state index in [9.17, 15) is 0 Å². The Hall–Kier alpha value is -2.43. The zero-order valence-electron chi connectivity index (χ0n) is 13.7. The molecule has 0 bridgehead atoms. The van der Waals surface area contributed by atoms with Crippen LogP contribution in [0.2, 0.25) is 0 Å². The van der Waals surface area contributed by atoms with Crippen molar-refractivity contribution in [2.24, 2.45) is 5.16 Å². The van der Waals surface area contributed by atoms with Gasteiger partial charge in [-0.1, -0.05) is 17.2 Å². The van der Waals surface area contributed by atoms with Crippen LogP contribution in [0.4, 0.5) is 0 Å². The summed E-state index contributed by atoms with van der Waals surface area (Å²) in [6.45, 7) is 6.53. The number of rotatable bonds is 5. The van der Waals surface area contributed by atoms with E-state index in [0.717, 1.165) is 24.2 Å². The molecule has 0 aliphatic carbocycles. The molecule has 0 amide bonds. The topological polar surface area (TPSA) is 49.3 Å². The second-order valence-electron chi connectivity index (χ2n) is 5.91. The van der Waals surface area contributed by atoms with Crippen LogP contribution >= 0.6 is 0 Å². The highest BCUT2D eigenvalue weighted by Crippen LogP contribution is 2.36. The minimum Gasteiger partial charge on any atom is -0.454 e. The molecule has 5 nitrogen and oxygen atoms in total. The first-order valence-electron chi connectivity index (χ1n) is 7.72. The molecule has 1 aromatic carbocycles. The third kappa shape index (κ3) is 3.86. The first-order valence-corrected chi connectivity index (χ1v) is 7.72. The van der Waals surface area contributed by atoms with Gasteiger partial charge in [-0.05, 0) is 57.0 Å². The molecule has 5 heteroatoms. The molecule has 1 unspecified atom stereocenters. The van der Waals surface area contributed by atoms with E-state index in [4.69, 9.17) is 19.0 Å². The highest BCUT2D eigenvalue weighted by Gasteiger charge is 2.25. The van der Waals surface area contributed by atoms with E-state index in [1.807, 2.05) is 24.3 Å². The van der Waals surface area contributed by atoms with Crippen molar-refractivity contribution < 1.29 is 19.0 Å². The van der Waals surface area contributed by atoms with Crippen molar-refractivity contribution in [2.45, 2.75) is 39.9 Å². The van der Waals surface area contributed by atoms with Crippen LogP contribution in [-0.4, -0.2) is 12.7 Å². The van der Waals surface area contributed by atoms with Crippen LogP contribution in [0.15, 0.2) is 46.7 Å². The molecule has 0 radical (unpaired) electrons. The van der Waals surface area contributed by atoms with Gasteiger partial charge in [0.05, 0.1) is 0 Å². The first-order chi connectivity index (χ1) is 11.1. The van der Waals surface area contributed by atoms with Crippen LogP contribution in [-0.2, 0) is 9.57 Å². The van der Waals surface area contributed by atoms with E-state index < -0.39 is 6.29 Å². The summed E-state index contributed by atoms with van der Waals surface area (Å²) in [4.78, 5) is 5.37. The molecule has 2 aliphatic heterocycles. The van der Waals surface area contributed by atoms with Crippen LogP contribution in [0.3, 0.4) is 0 Å². The van der Waals surface area contributed by atoms with Gasteiger partial charge in [-0.15, -0.1) is 0 Å². The Labute approximate surface area is 136 Å². The predicted octanol–water partition coefficient (Wildman–Crippen LogP) is 4.47. The SMILES string of the molecule is CC(C)=CCC/C(C)=C/C1=NOC(c2ccc3c(c2)OCO3)O1. The normalized spacial score (nSPS) is 19.0. The third-order valence-electron chi connectivity index (χ3n) is 3.60. The van der Waals surface area contributed by atoms with Crippen molar-refractivity contribution in [3.63, 3.8) is 0 Å². The molecule has 23 heavy (non-hydrogen) atoms. The number of benzene rings is 1. The molecule has 0 saturated carbocycles. The maximum Gasteiger partial charge on any atom is 0.293 e. The lowest BCUT2D eigenvalue weighted by molar-refractivity contribution is -0.0498. The van der Waals surface area contributed by atoms with Crippen LogP contribution in [0.25, 0.3) is 0 Å². The molecule has 1 aromatic rings. The summed E-state index contributed by atoms with van der Waals surface area (Å²) in [6, 6.07) is 5.60. The molecule has 0 aromatic heterocycles. The zero-order chi connectivity index (χ0) is 16.2. The quantitative estimate of drug-likeness (QED) is 0.752. The van der Waals surface area contributed by atoms with E-state index in [0.29, 0.717) is 11.6 Å². The van der Waals surface area contributed by atoms with Crippen molar-refractivity contribution in [3.05, 3.63) is 47.1 Å². The number of nitrogens with zero attached hydrogens (tertiary/aromatic N) is 1. The molecule has 0 N–H and O–H groups in total. The summed E-state index contributed by atoms with van der Waals surface area (Å²) in [6.07, 6.45) is 5.60. The van der Waals surface area contributed by atoms with Crippen molar-refractivity contribution in [1.82, 2.24) is 0 Å². The fraction of sp³-hybridized carbons (Fsp3) is 0.389. The summed E-state index contributed by atoms with van der Waals surface area (Å²) >= 11 is 0. The minimum absolute atomic E-state index is 0.251. The highest BCUT2D eigenvalue weighted by molar-refractivity contribution is 5.88. The monoisotopic (exact) mass is 315 g/mol. The van der Waals surface area contributed by atoms with Gasteiger partial charge >= 0.3 is 0 Å². The van der Waals surface area contributed by atoms with E-state index in [-0.39, 0.29) is 6.79 Å². The maximum atomic E-state index is 5.74. The average Bonchev–Trinajstić information content (AvgIpc) is 3.14. The van der Waals surface area contributed by atoms with E-state index in [1.165, 1.54) is 11.1 Å². The second kappa shape index (κ2) is 6.77. The van der Waals surface area contributed by atoms with Crippen LogP contribution in [0.5, 0.6) is 11.5 Å². The largest absolute Gasteiger partial charge is 0.454 e. The Morgan fingerprint density at radius 2 is 2.04 bits per heavy atom. The van der Waals surface area contributed by atoms with Crippen LogP contribution in [0.1, 0.15) is 45.5 Å². The van der Waals surface area contributed by atoms with E-state index >= 15 is 0 Å². The zero-order valence-corrected chi connectivity index (χ0v) is 13.7. The standard InChI is InChI=1S/C18H21NO4/c1-12(2)5-4-6-13(3)9-17-19-23-18(22-17)14-7-8-15-16(10-14)21-11-20-15/h5,7-10,18H,4,6,11H2,1-3H3/b13-9+. The van der Waals surface area contributed by atoms with Gasteiger partial charge in [-0.2, -0.15) is 0 Å². The van der Waals surface area contributed by atoms with Gasteiger partial charge in [0, 0.05) is 11.6 Å². The lowest BCUT2D eigenvalue weighted by Crippen LogP contribution is -2.03. The fourth-order valence-electron chi connectivity index (χ4n) is 2.37. The Bertz CT molecular complexity index is 672. The van der Waals surface area contributed by atoms with Gasteiger partial charge in [-0.3, -0.25) is 0 Å². The number of oxime groups is 1. The smallest absolute Gasteiger partial charge is 0.293 e. The molecular weight excluding hydrogens is 294 g/mol. The van der Waals surface area contributed by atoms with Gasteiger partial charge in [0.2, 0.25) is 6.79 Å². The van der Waals surface area contributed by atoms with Crippen LogP contribution in [0, 0.1) is 0 Å². The number of fused-ring (bicyclic) bond motifs is 1. The van der Waals surface area contributed by atoms with E-state index in [1.54, 1.807) is 0 Å². The highest BCUT2D eigenvalue weighted by atomic mass is 16.8. The van der Waals surface area contributed by atoms with Crippen molar-refractivity contribution in [1.29, 1.82) is 0 Å². The minimum atomic E-state index is -0.540. The Kier molecular flexibility index (Phi) is 4.55. The molecule has 2 aliphatic rings.